The molecule has 0 heterocycles. The second-order valence-electron chi connectivity index (χ2n) is 3.11. The molecule has 1 aliphatic rings. The average molecular weight is 183 g/mol. The van der Waals surface area contributed by atoms with Gasteiger partial charge in [0.1, 0.15) is 0 Å². The number of nitrogens with one attached hydrogen (secondary N) is 1. The van der Waals surface area contributed by atoms with Gasteiger partial charge in [-0.25, -0.2) is 0 Å². The summed E-state index contributed by atoms with van der Waals surface area (Å²) in [5.41, 5.74) is 0. The lowest BCUT2D eigenvalue weighted by molar-refractivity contribution is -0.123. The van der Waals surface area contributed by atoms with Crippen LogP contribution in [0.5, 0.6) is 0 Å². The zero-order valence-corrected chi connectivity index (χ0v) is 8.15. The van der Waals surface area contributed by atoms with Crippen molar-refractivity contribution >= 4 is 23.0 Å². The van der Waals surface area contributed by atoms with Gasteiger partial charge in [-0.15, -0.1) is 0 Å². The van der Waals surface area contributed by atoms with Crippen LogP contribution in [0.1, 0.15) is 13.3 Å². The van der Waals surface area contributed by atoms with E-state index in [-0.39, 0.29) is 11.8 Å². The van der Waals surface area contributed by atoms with Crippen molar-refractivity contribution < 1.29 is 4.79 Å². The molecule has 2 unspecified atom stereocenters. The highest BCUT2D eigenvalue weighted by Gasteiger charge is 2.28. The first kappa shape index (κ1) is 9.39. The van der Waals surface area contributed by atoms with E-state index in [0.29, 0.717) is 5.92 Å². The molecule has 0 radical (unpaired) electrons. The normalized spacial score (nSPS) is 28.7. The van der Waals surface area contributed by atoms with Crippen LogP contribution >= 0.6 is 12.2 Å². The van der Waals surface area contributed by atoms with E-state index in [0.717, 1.165) is 11.3 Å². The molecule has 1 amide bonds. The van der Waals surface area contributed by atoms with Gasteiger partial charge in [-0.3, -0.25) is 4.79 Å². The first-order valence-electron chi connectivity index (χ1n) is 4.08. The number of thiocarbonyl (C=S) groups is 1. The fraction of sp³-hybridized carbons (Fsp3) is 0.556. The summed E-state index contributed by atoms with van der Waals surface area (Å²) in [5, 5.41) is 2.64. The number of hydrogen-bond acceptors (Lipinski definition) is 2. The summed E-state index contributed by atoms with van der Waals surface area (Å²) in [6.45, 7) is 2.05. The predicted octanol–water partition coefficient (Wildman–Crippen LogP) is 1.31. The smallest absolute Gasteiger partial charge is 0.228 e. The quantitative estimate of drug-likeness (QED) is 0.621. The molecule has 0 aliphatic heterocycles. The van der Waals surface area contributed by atoms with E-state index >= 15 is 0 Å². The SMILES string of the molecule is CNC(=O)C1C(=S)C=CCC1C. The van der Waals surface area contributed by atoms with E-state index in [4.69, 9.17) is 12.2 Å². The van der Waals surface area contributed by atoms with Crippen molar-refractivity contribution in [2.24, 2.45) is 11.8 Å². The zero-order chi connectivity index (χ0) is 9.14. The van der Waals surface area contributed by atoms with Crippen molar-refractivity contribution in [3.63, 3.8) is 0 Å². The number of carbonyl (C=O) groups is 1. The highest BCUT2D eigenvalue weighted by atomic mass is 32.1. The Morgan fingerprint density at radius 1 is 1.75 bits per heavy atom. The van der Waals surface area contributed by atoms with Gasteiger partial charge in [-0.05, 0) is 12.3 Å². The summed E-state index contributed by atoms with van der Waals surface area (Å²) in [7, 11) is 1.65. The molecule has 0 saturated heterocycles. The molecular weight excluding hydrogens is 170 g/mol. The summed E-state index contributed by atoms with van der Waals surface area (Å²) in [6, 6.07) is 0. The van der Waals surface area contributed by atoms with Gasteiger partial charge in [-0.1, -0.05) is 31.3 Å². The first-order chi connectivity index (χ1) is 5.66. The number of allylic oxidation sites excluding steroid dienone is 2. The fourth-order valence-electron chi connectivity index (χ4n) is 1.46. The van der Waals surface area contributed by atoms with E-state index in [1.165, 1.54) is 0 Å². The maximum Gasteiger partial charge on any atom is 0.228 e. The number of rotatable bonds is 1. The Balaban J connectivity index is 2.79. The van der Waals surface area contributed by atoms with Crippen molar-refractivity contribution in [3.05, 3.63) is 12.2 Å². The lowest BCUT2D eigenvalue weighted by atomic mass is 9.83. The standard InChI is InChI=1S/C9H13NOS/c1-6-4-3-5-7(12)8(6)9(11)10-2/h3,5-6,8H,4H2,1-2H3,(H,10,11). The van der Waals surface area contributed by atoms with Gasteiger partial charge in [0.25, 0.3) is 0 Å². The molecule has 0 aromatic heterocycles. The average Bonchev–Trinajstić information content (AvgIpc) is 2.03. The molecule has 2 atom stereocenters. The van der Waals surface area contributed by atoms with E-state index in [9.17, 15) is 4.79 Å². The van der Waals surface area contributed by atoms with Gasteiger partial charge in [0.05, 0.1) is 5.92 Å². The van der Waals surface area contributed by atoms with Crippen LogP contribution in [0.2, 0.25) is 0 Å². The van der Waals surface area contributed by atoms with Gasteiger partial charge >= 0.3 is 0 Å². The van der Waals surface area contributed by atoms with Gasteiger partial charge in [0, 0.05) is 11.9 Å². The molecular formula is C9H13NOS. The van der Waals surface area contributed by atoms with Crippen molar-refractivity contribution in [1.82, 2.24) is 5.32 Å². The van der Waals surface area contributed by atoms with Crippen LogP contribution in [0.25, 0.3) is 0 Å². The van der Waals surface area contributed by atoms with Crippen LogP contribution in [0, 0.1) is 11.8 Å². The van der Waals surface area contributed by atoms with E-state index < -0.39 is 0 Å². The second kappa shape index (κ2) is 3.81. The van der Waals surface area contributed by atoms with Crippen molar-refractivity contribution in [2.45, 2.75) is 13.3 Å². The third-order valence-electron chi connectivity index (χ3n) is 2.19. The maximum atomic E-state index is 11.4. The summed E-state index contributed by atoms with van der Waals surface area (Å²) in [6.07, 6.45) is 4.85. The van der Waals surface area contributed by atoms with Crippen molar-refractivity contribution in [1.29, 1.82) is 0 Å². The largest absolute Gasteiger partial charge is 0.359 e. The fourth-order valence-corrected chi connectivity index (χ4v) is 1.90. The topological polar surface area (TPSA) is 29.1 Å². The van der Waals surface area contributed by atoms with Gasteiger partial charge in [-0.2, -0.15) is 0 Å². The highest BCUT2D eigenvalue weighted by molar-refractivity contribution is 7.80. The molecule has 3 heteroatoms. The van der Waals surface area contributed by atoms with Crippen molar-refractivity contribution in [3.8, 4) is 0 Å². The Morgan fingerprint density at radius 2 is 2.42 bits per heavy atom. The van der Waals surface area contributed by atoms with Crippen LogP contribution in [0.4, 0.5) is 0 Å². The molecule has 0 saturated carbocycles. The van der Waals surface area contributed by atoms with Crippen LogP contribution in [0.3, 0.4) is 0 Å². The molecule has 1 aliphatic carbocycles. The molecule has 1 rings (SSSR count). The van der Waals surface area contributed by atoms with Crippen LogP contribution < -0.4 is 5.32 Å². The summed E-state index contributed by atoms with van der Waals surface area (Å²) in [4.78, 5) is 12.1. The maximum absolute atomic E-state index is 11.4. The highest BCUT2D eigenvalue weighted by Crippen LogP contribution is 2.23. The van der Waals surface area contributed by atoms with Gasteiger partial charge in [0.2, 0.25) is 5.91 Å². The molecule has 1 N–H and O–H groups in total. The Hall–Kier alpha value is -0.700. The monoisotopic (exact) mass is 183 g/mol. The summed E-state index contributed by atoms with van der Waals surface area (Å²) in [5.74, 6) is 0.272. The molecule has 2 nitrogen and oxygen atoms in total. The molecule has 0 bridgehead atoms. The number of hydrogen-bond donors (Lipinski definition) is 1. The number of amides is 1. The minimum Gasteiger partial charge on any atom is -0.359 e. The van der Waals surface area contributed by atoms with E-state index in [2.05, 4.69) is 12.2 Å². The molecule has 12 heavy (non-hydrogen) atoms. The molecule has 66 valence electrons. The second-order valence-corrected chi connectivity index (χ2v) is 3.58. The third-order valence-corrected chi connectivity index (χ3v) is 2.58. The first-order valence-corrected chi connectivity index (χ1v) is 4.49. The van der Waals surface area contributed by atoms with Crippen LogP contribution in [-0.4, -0.2) is 17.8 Å². The summed E-state index contributed by atoms with van der Waals surface area (Å²) >= 11 is 5.10. The minimum atomic E-state index is -0.102. The lowest BCUT2D eigenvalue weighted by Crippen LogP contribution is -2.37. The van der Waals surface area contributed by atoms with E-state index in [1.54, 1.807) is 7.05 Å². The Kier molecular flexibility index (Phi) is 2.98. The van der Waals surface area contributed by atoms with Gasteiger partial charge < -0.3 is 5.32 Å². The summed E-state index contributed by atoms with van der Waals surface area (Å²) < 4.78 is 0. The Morgan fingerprint density at radius 3 is 2.92 bits per heavy atom. The molecule has 0 spiro atoms. The Bertz CT molecular complexity index is 235. The van der Waals surface area contributed by atoms with Crippen LogP contribution in [-0.2, 0) is 4.79 Å². The third kappa shape index (κ3) is 1.72. The van der Waals surface area contributed by atoms with Gasteiger partial charge in [0.15, 0.2) is 0 Å². The molecule has 0 fully saturated rings. The lowest BCUT2D eigenvalue weighted by Gasteiger charge is -2.24. The van der Waals surface area contributed by atoms with Crippen molar-refractivity contribution in [2.75, 3.05) is 7.05 Å². The predicted molar refractivity (Wildman–Crippen MR) is 53.1 cm³/mol. The molecule has 0 aromatic rings. The minimum absolute atomic E-state index is 0.0388. The van der Waals surface area contributed by atoms with E-state index in [1.807, 2.05) is 12.2 Å². The zero-order valence-electron chi connectivity index (χ0n) is 7.33. The number of carbonyl (C=O) groups excluding carboxylic acids is 1. The van der Waals surface area contributed by atoms with Crippen LogP contribution in [0.15, 0.2) is 12.2 Å². The Labute approximate surface area is 78.0 Å². The molecule has 0 aromatic carbocycles.